The second-order valence-electron chi connectivity index (χ2n) is 8.48. The predicted molar refractivity (Wildman–Crippen MR) is 121 cm³/mol. The van der Waals surface area contributed by atoms with Crippen molar-refractivity contribution < 1.29 is 14.3 Å². The van der Waals surface area contributed by atoms with E-state index in [1.165, 1.54) is 0 Å². The Hall–Kier alpha value is -2.06. The van der Waals surface area contributed by atoms with Gasteiger partial charge in [0.25, 0.3) is 0 Å². The van der Waals surface area contributed by atoms with Crippen molar-refractivity contribution in [1.29, 1.82) is 0 Å². The van der Waals surface area contributed by atoms with Crippen LogP contribution in [-0.2, 0) is 4.74 Å². The Morgan fingerprint density at radius 1 is 1.27 bits per heavy atom. The minimum atomic E-state index is -0.470. The van der Waals surface area contributed by atoms with Crippen LogP contribution in [0.4, 0.5) is 4.79 Å². The lowest BCUT2D eigenvalue weighted by Crippen LogP contribution is -2.41. The quantitative estimate of drug-likeness (QED) is 0.514. The smallest absolute Gasteiger partial charge is 0.410 e. The van der Waals surface area contributed by atoms with E-state index >= 15 is 0 Å². The van der Waals surface area contributed by atoms with Gasteiger partial charge in [0.1, 0.15) is 17.7 Å². The number of piperidine rings is 1. The number of hydrogen-bond donors (Lipinski definition) is 1. The van der Waals surface area contributed by atoms with Crippen molar-refractivity contribution in [2.75, 3.05) is 32.5 Å². The van der Waals surface area contributed by atoms with Crippen LogP contribution < -0.4 is 9.46 Å². The Morgan fingerprint density at radius 2 is 2.03 bits per heavy atom. The zero-order chi connectivity index (χ0) is 21.6. The number of fused-ring (bicyclic) bond motifs is 1. The Labute approximate surface area is 183 Å². The minimum Gasteiger partial charge on any atom is -0.493 e. The van der Waals surface area contributed by atoms with E-state index < -0.39 is 5.60 Å². The monoisotopic (exact) mass is 432 g/mol. The molecule has 2 aromatic rings. The number of rotatable bonds is 7. The zero-order valence-electron chi connectivity index (χ0n) is 18.3. The number of amides is 1. The number of likely N-dealkylation sites (tertiary alicyclic amines) is 1. The zero-order valence-corrected chi connectivity index (χ0v) is 19.1. The van der Waals surface area contributed by atoms with Gasteiger partial charge in [-0.25, -0.2) is 14.8 Å². The largest absolute Gasteiger partial charge is 0.493 e. The van der Waals surface area contributed by atoms with Gasteiger partial charge in [-0.05, 0) is 58.4 Å². The van der Waals surface area contributed by atoms with Gasteiger partial charge >= 0.3 is 6.09 Å². The third kappa shape index (κ3) is 6.22. The lowest BCUT2D eigenvalue weighted by molar-refractivity contribution is 0.0204. The summed E-state index contributed by atoms with van der Waals surface area (Å²) in [4.78, 5) is 23.1. The van der Waals surface area contributed by atoms with Crippen LogP contribution in [0, 0.1) is 0 Å². The summed E-state index contributed by atoms with van der Waals surface area (Å²) in [7, 11) is 0. The van der Waals surface area contributed by atoms with E-state index in [2.05, 4.69) is 20.8 Å². The van der Waals surface area contributed by atoms with Gasteiger partial charge in [0.2, 0.25) is 0 Å². The highest BCUT2D eigenvalue weighted by Crippen LogP contribution is 2.32. The predicted octanol–water partition coefficient (Wildman–Crippen LogP) is 4.38. The topological polar surface area (TPSA) is 76.6 Å². The Kier molecular flexibility index (Phi) is 7.77. The first kappa shape index (κ1) is 22.6. The molecule has 3 rings (SSSR count). The van der Waals surface area contributed by atoms with Crippen LogP contribution in [0.25, 0.3) is 10.9 Å². The fourth-order valence-electron chi connectivity index (χ4n) is 3.57. The van der Waals surface area contributed by atoms with Gasteiger partial charge in [-0.15, -0.1) is 0 Å². The molecule has 0 spiro atoms. The van der Waals surface area contributed by atoms with Gasteiger partial charge in [-0.1, -0.05) is 11.9 Å². The molecular weight excluding hydrogens is 400 g/mol. The second kappa shape index (κ2) is 10.3. The molecule has 1 amide bonds. The molecule has 0 saturated carbocycles. The molecule has 7 nitrogen and oxygen atoms in total. The van der Waals surface area contributed by atoms with E-state index in [1.807, 2.05) is 39.2 Å². The second-order valence-corrected chi connectivity index (χ2v) is 9.18. The number of nitrogens with one attached hydrogen (secondary N) is 1. The van der Waals surface area contributed by atoms with Crippen molar-refractivity contribution in [2.24, 2.45) is 0 Å². The first-order chi connectivity index (χ1) is 14.4. The van der Waals surface area contributed by atoms with Gasteiger partial charge in [0.05, 0.1) is 17.8 Å². The average molecular weight is 433 g/mol. The summed E-state index contributed by atoms with van der Waals surface area (Å²) < 4.78 is 14.6. The van der Waals surface area contributed by atoms with E-state index in [1.54, 1.807) is 23.2 Å². The first-order valence-corrected chi connectivity index (χ1v) is 11.7. The third-order valence-electron chi connectivity index (χ3n) is 5.01. The van der Waals surface area contributed by atoms with Crippen LogP contribution in [0.2, 0.25) is 0 Å². The molecule has 0 atom stereocenters. The summed E-state index contributed by atoms with van der Waals surface area (Å²) in [5, 5.41) is 1.06. The van der Waals surface area contributed by atoms with Crippen molar-refractivity contribution in [2.45, 2.75) is 51.6 Å². The molecule has 0 unspecified atom stereocenters. The lowest BCUT2D eigenvalue weighted by Gasteiger charge is -2.33. The summed E-state index contributed by atoms with van der Waals surface area (Å²) in [6.45, 7) is 8.62. The summed E-state index contributed by atoms with van der Waals surface area (Å²) in [5.74, 6) is 1.13. The molecule has 1 aliphatic heterocycles. The van der Waals surface area contributed by atoms with E-state index in [9.17, 15) is 4.79 Å². The fourth-order valence-corrected chi connectivity index (χ4v) is 3.92. The highest BCUT2D eigenvalue weighted by atomic mass is 32.2. The van der Waals surface area contributed by atoms with Crippen molar-refractivity contribution in [1.82, 2.24) is 19.6 Å². The highest BCUT2D eigenvalue weighted by molar-refractivity contribution is 7.96. The maximum atomic E-state index is 12.3. The normalized spacial score (nSPS) is 15.4. The van der Waals surface area contributed by atoms with Crippen LogP contribution in [-0.4, -0.2) is 59.1 Å². The Balaban J connectivity index is 1.62. The van der Waals surface area contributed by atoms with Gasteiger partial charge in [0.15, 0.2) is 0 Å². The molecule has 1 saturated heterocycles. The van der Waals surface area contributed by atoms with E-state index in [0.717, 1.165) is 48.2 Å². The molecule has 1 aromatic heterocycles. The van der Waals surface area contributed by atoms with Crippen molar-refractivity contribution in [3.05, 3.63) is 30.2 Å². The molecule has 30 heavy (non-hydrogen) atoms. The molecule has 8 heteroatoms. The van der Waals surface area contributed by atoms with E-state index in [-0.39, 0.29) is 6.09 Å². The van der Waals surface area contributed by atoms with Gasteiger partial charge < -0.3 is 14.4 Å². The van der Waals surface area contributed by atoms with Crippen molar-refractivity contribution in [3.63, 3.8) is 0 Å². The maximum Gasteiger partial charge on any atom is 0.410 e. The van der Waals surface area contributed by atoms with Crippen LogP contribution in [0.15, 0.2) is 24.5 Å². The lowest BCUT2D eigenvalue weighted by atomic mass is 9.91. The number of hydrogen-bond acceptors (Lipinski definition) is 7. The highest BCUT2D eigenvalue weighted by Gasteiger charge is 2.28. The van der Waals surface area contributed by atoms with Crippen LogP contribution >= 0.6 is 11.9 Å². The molecule has 164 valence electrons. The molecule has 2 heterocycles. The number of aromatic nitrogens is 2. The SMILES string of the molecule is CSNCCCOc1ccc2c(C3CCN(C(=O)OC(C)(C)C)CC3)ncnc2c1. The first-order valence-electron chi connectivity index (χ1n) is 10.5. The van der Waals surface area contributed by atoms with Crippen LogP contribution in [0.1, 0.15) is 51.6 Å². The van der Waals surface area contributed by atoms with E-state index in [4.69, 9.17) is 9.47 Å². The molecule has 0 aliphatic carbocycles. The van der Waals surface area contributed by atoms with Crippen LogP contribution in [0.3, 0.4) is 0 Å². The summed E-state index contributed by atoms with van der Waals surface area (Å²) in [6.07, 6.45) is 6.10. The molecule has 1 aliphatic rings. The number of benzene rings is 1. The number of ether oxygens (including phenoxy) is 2. The Morgan fingerprint density at radius 3 is 2.73 bits per heavy atom. The summed E-state index contributed by atoms with van der Waals surface area (Å²) >= 11 is 1.62. The number of nitrogens with zero attached hydrogens (tertiary/aromatic N) is 3. The van der Waals surface area contributed by atoms with Gasteiger partial charge in [-0.2, -0.15) is 0 Å². The average Bonchev–Trinajstić information content (AvgIpc) is 2.72. The molecule has 1 fully saturated rings. The summed E-state index contributed by atoms with van der Waals surface area (Å²) in [5.41, 5.74) is 1.48. The molecule has 1 N–H and O–H groups in total. The van der Waals surface area contributed by atoms with Crippen LogP contribution in [0.5, 0.6) is 5.75 Å². The number of carbonyl (C=O) groups excluding carboxylic acids is 1. The standard InChI is InChI=1S/C22H32N4O3S/c1-22(2,3)29-21(27)26-11-8-16(9-12-26)20-18-7-6-17(14-19(18)23-15-24-20)28-13-5-10-25-30-4/h6-7,14-16,25H,5,8-13H2,1-4H3. The molecule has 0 bridgehead atoms. The minimum absolute atomic E-state index is 0.233. The van der Waals surface area contributed by atoms with Crippen molar-refractivity contribution in [3.8, 4) is 5.75 Å². The molecular formula is C22H32N4O3S. The summed E-state index contributed by atoms with van der Waals surface area (Å²) in [6, 6.07) is 6.03. The third-order valence-corrected chi connectivity index (χ3v) is 5.50. The van der Waals surface area contributed by atoms with Crippen molar-refractivity contribution >= 4 is 28.9 Å². The van der Waals surface area contributed by atoms with Gasteiger partial charge in [-0.3, -0.25) is 4.72 Å². The number of carbonyl (C=O) groups is 1. The molecule has 1 aromatic carbocycles. The molecule has 0 radical (unpaired) electrons. The maximum absolute atomic E-state index is 12.3. The fraction of sp³-hybridized carbons (Fsp3) is 0.591. The van der Waals surface area contributed by atoms with E-state index in [0.29, 0.717) is 25.6 Å². The Bertz CT molecular complexity index is 848. The van der Waals surface area contributed by atoms with Gasteiger partial charge in [0, 0.05) is 37.0 Å².